The van der Waals surface area contributed by atoms with E-state index in [9.17, 15) is 30.7 Å². The average molecular weight is 403 g/mol. The summed E-state index contributed by atoms with van der Waals surface area (Å²) in [5, 5.41) is 8.44. The zero-order valence-corrected chi connectivity index (χ0v) is 13.9. The Morgan fingerprint density at radius 2 is 1.54 bits per heavy atom. The van der Waals surface area contributed by atoms with Gasteiger partial charge in [0, 0.05) is 17.8 Å². The molecule has 0 amide bonds. The summed E-state index contributed by atoms with van der Waals surface area (Å²) in [6.45, 7) is 0.0776. The Bertz CT molecular complexity index is 914. The molecule has 0 aliphatic carbocycles. The molecule has 0 fully saturated rings. The van der Waals surface area contributed by atoms with E-state index in [0.717, 1.165) is 12.1 Å². The lowest BCUT2D eigenvalue weighted by Crippen LogP contribution is -2.38. The highest BCUT2D eigenvalue weighted by molar-refractivity contribution is 5.48. The first kappa shape index (κ1) is 19.8. The van der Waals surface area contributed by atoms with Crippen LogP contribution in [0, 0.1) is 5.82 Å². The molecule has 0 aromatic heterocycles. The van der Waals surface area contributed by atoms with Crippen LogP contribution in [-0.4, -0.2) is 12.4 Å². The van der Waals surface area contributed by atoms with Gasteiger partial charge in [0.1, 0.15) is 5.82 Å². The molecule has 1 aliphatic heterocycles. The molecule has 0 saturated heterocycles. The van der Waals surface area contributed by atoms with Gasteiger partial charge in [-0.3, -0.25) is 0 Å². The van der Waals surface area contributed by atoms with Gasteiger partial charge in [-0.25, -0.2) is 4.39 Å². The van der Waals surface area contributed by atoms with Crippen LogP contribution in [0.5, 0.6) is 0 Å². The Kier molecular flexibility index (Phi) is 4.90. The Morgan fingerprint density at radius 3 is 2.07 bits per heavy atom. The van der Waals surface area contributed by atoms with E-state index in [1.54, 1.807) is 6.07 Å². The van der Waals surface area contributed by atoms with Gasteiger partial charge in [0.15, 0.2) is 5.70 Å². The number of nitrogens with one attached hydrogen (secondary N) is 1. The Hall–Kier alpha value is -2.91. The van der Waals surface area contributed by atoms with E-state index in [0.29, 0.717) is 11.3 Å². The molecular weight excluding hydrogens is 391 g/mol. The second kappa shape index (κ2) is 6.92. The standard InChI is InChI=1S/C18H12F7N3/c19-14-4-2-1-3-11(14)10-26-13-7-5-12(6-8-13)16(18(23,24)25)9-15(27-28-16)17(20,21)22/h1-9,26H,10H2. The predicted octanol–water partition coefficient (Wildman–Crippen LogP) is 6.11. The van der Waals surface area contributed by atoms with Crippen LogP contribution < -0.4 is 5.32 Å². The van der Waals surface area contributed by atoms with Gasteiger partial charge in [-0.1, -0.05) is 30.3 Å². The van der Waals surface area contributed by atoms with E-state index < -0.39 is 35.0 Å². The average Bonchev–Trinajstić information content (AvgIpc) is 3.09. The summed E-state index contributed by atoms with van der Waals surface area (Å²) in [7, 11) is 0. The van der Waals surface area contributed by atoms with Crippen LogP contribution in [0.3, 0.4) is 0 Å². The molecule has 3 rings (SSSR count). The number of rotatable bonds is 4. The van der Waals surface area contributed by atoms with E-state index in [1.165, 1.54) is 30.3 Å². The van der Waals surface area contributed by atoms with Crippen molar-refractivity contribution in [3.63, 3.8) is 0 Å². The minimum Gasteiger partial charge on any atom is -0.381 e. The number of hydrogen-bond donors (Lipinski definition) is 1. The molecule has 0 saturated carbocycles. The Morgan fingerprint density at radius 1 is 0.893 bits per heavy atom. The highest BCUT2D eigenvalue weighted by atomic mass is 19.4. The number of nitrogens with zero attached hydrogens (tertiary/aromatic N) is 2. The number of azo groups is 1. The van der Waals surface area contributed by atoms with Gasteiger partial charge in [0.25, 0.3) is 0 Å². The van der Waals surface area contributed by atoms with Gasteiger partial charge in [-0.05, 0) is 29.8 Å². The first-order chi connectivity index (χ1) is 13.0. The van der Waals surface area contributed by atoms with E-state index in [4.69, 9.17) is 0 Å². The van der Waals surface area contributed by atoms with Gasteiger partial charge in [0.05, 0.1) is 0 Å². The minimum atomic E-state index is -5.12. The first-order valence-electron chi connectivity index (χ1n) is 7.90. The smallest absolute Gasteiger partial charge is 0.381 e. The highest BCUT2D eigenvalue weighted by Gasteiger charge is 2.59. The van der Waals surface area contributed by atoms with Crippen molar-refractivity contribution in [1.29, 1.82) is 0 Å². The number of anilines is 1. The molecule has 28 heavy (non-hydrogen) atoms. The van der Waals surface area contributed by atoms with Gasteiger partial charge in [-0.15, -0.1) is 5.11 Å². The Labute approximate surface area is 154 Å². The molecule has 3 nitrogen and oxygen atoms in total. The monoisotopic (exact) mass is 403 g/mol. The molecule has 1 aliphatic rings. The lowest BCUT2D eigenvalue weighted by atomic mass is 9.89. The zero-order valence-electron chi connectivity index (χ0n) is 13.9. The number of halogens is 7. The number of alkyl halides is 6. The molecule has 0 bridgehead atoms. The van der Waals surface area contributed by atoms with Crippen LogP contribution in [0.25, 0.3) is 0 Å². The van der Waals surface area contributed by atoms with Crippen molar-refractivity contribution >= 4 is 5.69 Å². The fourth-order valence-electron chi connectivity index (χ4n) is 2.65. The molecule has 0 radical (unpaired) electrons. The molecule has 2 aromatic rings. The quantitative estimate of drug-likeness (QED) is 0.615. The molecule has 10 heteroatoms. The molecule has 148 valence electrons. The largest absolute Gasteiger partial charge is 0.434 e. The summed E-state index contributed by atoms with van der Waals surface area (Å²) in [6.07, 6.45) is -10.2. The van der Waals surface area contributed by atoms with E-state index in [-0.39, 0.29) is 12.6 Å². The summed E-state index contributed by atoms with van der Waals surface area (Å²) >= 11 is 0. The zero-order chi connectivity index (χ0) is 20.6. The third kappa shape index (κ3) is 3.71. The van der Waals surface area contributed by atoms with Crippen molar-refractivity contribution in [3.05, 3.63) is 77.2 Å². The van der Waals surface area contributed by atoms with Gasteiger partial charge < -0.3 is 5.32 Å². The van der Waals surface area contributed by atoms with Crippen LogP contribution in [0.4, 0.5) is 36.4 Å². The fourth-order valence-corrected chi connectivity index (χ4v) is 2.65. The summed E-state index contributed by atoms with van der Waals surface area (Å²) < 4.78 is 92.5. The normalized spacial score (nSPS) is 19.6. The van der Waals surface area contributed by atoms with Crippen molar-refractivity contribution in [3.8, 4) is 0 Å². The van der Waals surface area contributed by atoms with Gasteiger partial charge in [-0.2, -0.15) is 31.5 Å². The molecule has 0 spiro atoms. The number of hydrogen-bond acceptors (Lipinski definition) is 3. The van der Waals surface area contributed by atoms with Crippen molar-refractivity contribution in [2.24, 2.45) is 10.2 Å². The second-order valence-electron chi connectivity index (χ2n) is 6.01. The first-order valence-corrected chi connectivity index (χ1v) is 7.90. The van der Waals surface area contributed by atoms with Crippen molar-refractivity contribution in [2.45, 2.75) is 24.4 Å². The predicted molar refractivity (Wildman–Crippen MR) is 86.9 cm³/mol. The van der Waals surface area contributed by atoms with Gasteiger partial charge >= 0.3 is 12.4 Å². The summed E-state index contributed by atoms with van der Waals surface area (Å²) in [6, 6.07) is 10.5. The number of benzene rings is 2. The molecule has 1 unspecified atom stereocenters. The summed E-state index contributed by atoms with van der Waals surface area (Å²) in [4.78, 5) is 0. The topological polar surface area (TPSA) is 36.8 Å². The fraction of sp³-hybridized carbons (Fsp3) is 0.222. The van der Waals surface area contributed by atoms with Crippen LogP contribution in [0.2, 0.25) is 0 Å². The highest BCUT2D eigenvalue weighted by Crippen LogP contribution is 2.49. The van der Waals surface area contributed by atoms with E-state index in [2.05, 4.69) is 15.5 Å². The van der Waals surface area contributed by atoms with Crippen molar-refractivity contribution < 1.29 is 30.7 Å². The Balaban J connectivity index is 1.85. The molecule has 1 N–H and O–H groups in total. The summed E-state index contributed by atoms with van der Waals surface area (Å²) in [5.41, 5.74) is -4.71. The SMILES string of the molecule is Fc1ccccc1CNc1ccc(C2(C(F)(F)F)C=C(C(F)(F)F)N=N2)cc1. The van der Waals surface area contributed by atoms with Crippen molar-refractivity contribution in [1.82, 2.24) is 0 Å². The van der Waals surface area contributed by atoms with Crippen LogP contribution in [-0.2, 0) is 12.1 Å². The third-order valence-electron chi connectivity index (χ3n) is 4.15. The maximum atomic E-state index is 13.6. The molecule has 1 heterocycles. The third-order valence-corrected chi connectivity index (χ3v) is 4.15. The molecule has 2 aromatic carbocycles. The van der Waals surface area contributed by atoms with E-state index >= 15 is 0 Å². The maximum absolute atomic E-state index is 13.6. The summed E-state index contributed by atoms with van der Waals surface area (Å²) in [5.74, 6) is -0.446. The minimum absolute atomic E-state index is 0.0330. The number of allylic oxidation sites excluding steroid dienone is 1. The maximum Gasteiger partial charge on any atom is 0.434 e. The van der Waals surface area contributed by atoms with Crippen LogP contribution >= 0.6 is 0 Å². The van der Waals surface area contributed by atoms with Crippen LogP contribution in [0.15, 0.2) is 70.5 Å². The van der Waals surface area contributed by atoms with E-state index in [1.807, 2.05) is 0 Å². The van der Waals surface area contributed by atoms with Gasteiger partial charge in [0.2, 0.25) is 5.54 Å². The molecule has 1 atom stereocenters. The lowest BCUT2D eigenvalue weighted by Gasteiger charge is -2.26. The molecular formula is C18H12F7N3. The van der Waals surface area contributed by atoms with Crippen molar-refractivity contribution in [2.75, 3.05) is 5.32 Å². The van der Waals surface area contributed by atoms with Crippen LogP contribution in [0.1, 0.15) is 11.1 Å². The lowest BCUT2D eigenvalue weighted by molar-refractivity contribution is -0.174. The second-order valence-corrected chi connectivity index (χ2v) is 6.01.